The molecule has 3 rings (SSSR count). The van der Waals surface area contributed by atoms with Gasteiger partial charge in [-0.3, -0.25) is 4.79 Å². The molecule has 24 heavy (non-hydrogen) atoms. The maximum absolute atomic E-state index is 12.1. The number of fused-ring (bicyclic) bond motifs is 1. The molecule has 1 unspecified atom stereocenters. The predicted molar refractivity (Wildman–Crippen MR) is 94.5 cm³/mol. The van der Waals surface area contributed by atoms with E-state index in [2.05, 4.69) is 16.5 Å². The molecular formula is C16H21N3O3S2. The molecule has 0 radical (unpaired) electrons. The van der Waals surface area contributed by atoms with E-state index in [0.717, 1.165) is 42.9 Å². The van der Waals surface area contributed by atoms with Gasteiger partial charge in [0.2, 0.25) is 10.0 Å². The molecule has 0 spiro atoms. The van der Waals surface area contributed by atoms with E-state index in [9.17, 15) is 13.2 Å². The Bertz CT molecular complexity index is 874. The van der Waals surface area contributed by atoms with Crippen LogP contribution in [0.4, 0.5) is 0 Å². The number of hydrogen-bond donors (Lipinski definition) is 1. The molecule has 8 heteroatoms. The highest BCUT2D eigenvalue weighted by atomic mass is 32.2. The van der Waals surface area contributed by atoms with E-state index in [4.69, 9.17) is 5.14 Å². The van der Waals surface area contributed by atoms with E-state index in [1.54, 1.807) is 6.07 Å². The summed E-state index contributed by atoms with van der Waals surface area (Å²) < 4.78 is 25.2. The summed E-state index contributed by atoms with van der Waals surface area (Å²) in [5, 5.41) is 5.93. The Hall–Kier alpha value is -1.38. The lowest BCUT2D eigenvalue weighted by Gasteiger charge is -2.19. The van der Waals surface area contributed by atoms with Gasteiger partial charge in [0.1, 0.15) is 5.78 Å². The zero-order valence-electron chi connectivity index (χ0n) is 13.6. The second kappa shape index (κ2) is 6.85. The standard InChI is InChI=1S/C16H21N3O3S2/c1-2-9-19-13-8-7-11(24(17,21)22)10-12(13)18-16(19)23-15-6-4-3-5-14(15)20/h7-8,10,15H,2-6,9H2,1H3,(H2,17,21,22). The van der Waals surface area contributed by atoms with Gasteiger partial charge in [0.25, 0.3) is 0 Å². The molecule has 1 saturated carbocycles. The third-order valence-corrected chi connectivity index (χ3v) is 6.42. The van der Waals surface area contributed by atoms with Crippen LogP contribution in [0.15, 0.2) is 28.3 Å². The molecule has 1 aliphatic carbocycles. The molecule has 1 aromatic carbocycles. The van der Waals surface area contributed by atoms with Gasteiger partial charge in [-0.15, -0.1) is 0 Å². The van der Waals surface area contributed by atoms with Gasteiger partial charge in [-0.1, -0.05) is 25.1 Å². The highest BCUT2D eigenvalue weighted by Crippen LogP contribution is 2.33. The van der Waals surface area contributed by atoms with Crippen molar-refractivity contribution < 1.29 is 13.2 Å². The van der Waals surface area contributed by atoms with Crippen molar-refractivity contribution in [2.45, 2.75) is 60.9 Å². The molecule has 0 saturated heterocycles. The van der Waals surface area contributed by atoms with Crippen molar-refractivity contribution in [1.29, 1.82) is 0 Å². The van der Waals surface area contributed by atoms with Crippen molar-refractivity contribution in [2.75, 3.05) is 0 Å². The van der Waals surface area contributed by atoms with Crippen LogP contribution in [0.3, 0.4) is 0 Å². The van der Waals surface area contributed by atoms with Gasteiger partial charge in [-0.25, -0.2) is 18.5 Å². The van der Waals surface area contributed by atoms with Crippen molar-refractivity contribution in [1.82, 2.24) is 9.55 Å². The highest BCUT2D eigenvalue weighted by molar-refractivity contribution is 8.00. The van der Waals surface area contributed by atoms with Gasteiger partial charge in [0.05, 0.1) is 21.2 Å². The summed E-state index contributed by atoms with van der Waals surface area (Å²) in [6.45, 7) is 2.85. The first-order valence-corrected chi connectivity index (χ1v) is 10.5. The lowest BCUT2D eigenvalue weighted by atomic mass is 9.99. The summed E-state index contributed by atoms with van der Waals surface area (Å²) in [5.41, 5.74) is 1.47. The molecule has 1 atom stereocenters. The number of carbonyl (C=O) groups excluding carboxylic acids is 1. The van der Waals surface area contributed by atoms with Gasteiger partial charge in [0, 0.05) is 13.0 Å². The fourth-order valence-corrected chi connectivity index (χ4v) is 4.79. The maximum atomic E-state index is 12.1. The van der Waals surface area contributed by atoms with Crippen molar-refractivity contribution in [3.63, 3.8) is 0 Å². The van der Waals surface area contributed by atoms with E-state index in [-0.39, 0.29) is 15.9 Å². The van der Waals surface area contributed by atoms with Crippen LogP contribution < -0.4 is 5.14 Å². The number of ketones is 1. The van der Waals surface area contributed by atoms with Crippen LogP contribution in [-0.2, 0) is 21.4 Å². The topological polar surface area (TPSA) is 95.0 Å². The van der Waals surface area contributed by atoms with Crippen molar-refractivity contribution in [3.8, 4) is 0 Å². The molecule has 6 nitrogen and oxygen atoms in total. The molecule has 1 aromatic heterocycles. The average Bonchev–Trinajstić information content (AvgIpc) is 2.86. The van der Waals surface area contributed by atoms with Gasteiger partial charge in [0.15, 0.2) is 5.16 Å². The number of nitrogens with two attached hydrogens (primary N) is 1. The Balaban J connectivity index is 2.02. The third kappa shape index (κ3) is 3.50. The summed E-state index contributed by atoms with van der Waals surface area (Å²) in [4.78, 5) is 16.8. The summed E-state index contributed by atoms with van der Waals surface area (Å²) in [5.74, 6) is 0.284. The number of imidazole rings is 1. The first-order valence-electron chi connectivity index (χ1n) is 8.12. The van der Waals surface area contributed by atoms with Gasteiger partial charge < -0.3 is 4.57 Å². The normalized spacial score (nSPS) is 19.1. The Morgan fingerprint density at radius 2 is 2.17 bits per heavy atom. The van der Waals surface area contributed by atoms with Crippen LogP contribution in [0.25, 0.3) is 11.0 Å². The number of hydrogen-bond acceptors (Lipinski definition) is 5. The van der Waals surface area contributed by atoms with Crippen LogP contribution in [0.5, 0.6) is 0 Å². The quantitative estimate of drug-likeness (QED) is 0.876. The number of nitrogens with zero attached hydrogens (tertiary/aromatic N) is 2. The lowest BCUT2D eigenvalue weighted by molar-refractivity contribution is -0.119. The average molecular weight is 367 g/mol. The second-order valence-electron chi connectivity index (χ2n) is 6.06. The maximum Gasteiger partial charge on any atom is 0.238 e. The summed E-state index contributed by atoms with van der Waals surface area (Å²) in [7, 11) is -3.76. The molecule has 0 aliphatic heterocycles. The Morgan fingerprint density at radius 3 is 2.83 bits per heavy atom. The lowest BCUT2D eigenvalue weighted by Crippen LogP contribution is -2.21. The molecule has 2 N–H and O–H groups in total. The fourth-order valence-electron chi connectivity index (χ4n) is 3.00. The third-order valence-electron chi connectivity index (χ3n) is 4.21. The monoisotopic (exact) mass is 367 g/mol. The zero-order valence-corrected chi connectivity index (χ0v) is 15.2. The number of rotatable bonds is 5. The van der Waals surface area contributed by atoms with Crippen LogP contribution in [-0.4, -0.2) is 29.0 Å². The molecular weight excluding hydrogens is 346 g/mol. The molecule has 0 bridgehead atoms. The number of aryl methyl sites for hydroxylation is 1. The number of thioether (sulfide) groups is 1. The fraction of sp³-hybridized carbons (Fsp3) is 0.500. The SMILES string of the molecule is CCCn1c(SC2CCCCC2=O)nc2cc(S(N)(=O)=O)ccc21. The smallest absolute Gasteiger partial charge is 0.238 e. The molecule has 1 fully saturated rings. The van der Waals surface area contributed by atoms with Crippen LogP contribution >= 0.6 is 11.8 Å². The molecule has 1 heterocycles. The van der Waals surface area contributed by atoms with Crippen LogP contribution in [0.2, 0.25) is 0 Å². The first kappa shape index (κ1) is 17.4. The van der Waals surface area contributed by atoms with Crippen LogP contribution in [0.1, 0.15) is 39.0 Å². The van der Waals surface area contributed by atoms with E-state index in [1.165, 1.54) is 23.9 Å². The molecule has 0 amide bonds. The molecule has 1 aliphatic rings. The zero-order chi connectivity index (χ0) is 17.3. The Morgan fingerprint density at radius 1 is 1.38 bits per heavy atom. The van der Waals surface area contributed by atoms with Crippen molar-refractivity contribution >= 4 is 38.6 Å². The second-order valence-corrected chi connectivity index (χ2v) is 8.79. The van der Waals surface area contributed by atoms with E-state index in [0.29, 0.717) is 11.9 Å². The number of benzene rings is 1. The van der Waals surface area contributed by atoms with E-state index in [1.807, 2.05) is 0 Å². The Kier molecular flexibility index (Phi) is 4.98. The van der Waals surface area contributed by atoms with Crippen molar-refractivity contribution in [3.05, 3.63) is 18.2 Å². The number of primary sulfonamides is 1. The van der Waals surface area contributed by atoms with Crippen LogP contribution in [0, 0.1) is 0 Å². The van der Waals surface area contributed by atoms with Gasteiger partial charge in [-0.05, 0) is 37.5 Å². The first-order chi connectivity index (χ1) is 11.4. The van der Waals surface area contributed by atoms with Gasteiger partial charge >= 0.3 is 0 Å². The molecule has 130 valence electrons. The van der Waals surface area contributed by atoms with Crippen molar-refractivity contribution in [2.24, 2.45) is 5.14 Å². The largest absolute Gasteiger partial charge is 0.319 e. The van der Waals surface area contributed by atoms with E-state index < -0.39 is 10.0 Å². The summed E-state index contributed by atoms with van der Waals surface area (Å²) in [6, 6.07) is 4.75. The Labute approximate surface area is 145 Å². The minimum absolute atomic E-state index is 0.0520. The number of aromatic nitrogens is 2. The van der Waals surface area contributed by atoms with E-state index >= 15 is 0 Å². The number of carbonyl (C=O) groups is 1. The number of Topliss-reactive ketones (excluding diaryl/α,β-unsaturated/α-hetero) is 1. The predicted octanol–water partition coefficient (Wildman–Crippen LogP) is 2.70. The highest BCUT2D eigenvalue weighted by Gasteiger charge is 2.26. The summed E-state index contributed by atoms with van der Waals surface area (Å²) >= 11 is 1.50. The summed E-state index contributed by atoms with van der Waals surface area (Å²) in [6.07, 6.45) is 4.48. The number of sulfonamides is 1. The minimum atomic E-state index is -3.76. The molecule has 2 aromatic rings. The van der Waals surface area contributed by atoms with Gasteiger partial charge in [-0.2, -0.15) is 0 Å². The minimum Gasteiger partial charge on any atom is -0.319 e.